The van der Waals surface area contributed by atoms with Crippen molar-refractivity contribution in [3.05, 3.63) is 59.7 Å². The Morgan fingerprint density at radius 2 is 1.77 bits per heavy atom. The molecule has 1 amide bonds. The predicted molar refractivity (Wildman–Crippen MR) is 121 cm³/mol. The zero-order chi connectivity index (χ0) is 23.0. The molecule has 2 aromatic carbocycles. The summed E-state index contributed by atoms with van der Waals surface area (Å²) in [5, 5.41) is 22.0. The number of aliphatic hydroxyl groups excluding tert-OH is 1. The van der Waals surface area contributed by atoms with Crippen molar-refractivity contribution in [3.8, 4) is 5.75 Å². The van der Waals surface area contributed by atoms with Crippen molar-refractivity contribution >= 4 is 17.6 Å². The number of nitrogens with one attached hydrogen (secondary N) is 1. The van der Waals surface area contributed by atoms with E-state index in [2.05, 4.69) is 10.3 Å². The van der Waals surface area contributed by atoms with Gasteiger partial charge >= 0.3 is 0 Å². The van der Waals surface area contributed by atoms with Crippen molar-refractivity contribution in [2.45, 2.75) is 52.6 Å². The molecule has 31 heavy (non-hydrogen) atoms. The third kappa shape index (κ3) is 9.06. The Balaban J connectivity index is 1.94. The van der Waals surface area contributed by atoms with Gasteiger partial charge in [0.2, 0.25) is 5.91 Å². The lowest BCUT2D eigenvalue weighted by Crippen LogP contribution is -2.45. The van der Waals surface area contributed by atoms with Gasteiger partial charge in [-0.05, 0) is 47.2 Å². The van der Waals surface area contributed by atoms with Gasteiger partial charge in [0.1, 0.15) is 12.4 Å². The molecule has 0 aliphatic rings. The molecule has 0 saturated carbocycles. The van der Waals surface area contributed by atoms with E-state index >= 15 is 0 Å². The summed E-state index contributed by atoms with van der Waals surface area (Å²) in [6.07, 6.45) is -1.07. The van der Waals surface area contributed by atoms with Crippen LogP contribution in [-0.4, -0.2) is 34.4 Å². The average molecular weight is 429 g/mol. The number of amides is 1. The maximum absolute atomic E-state index is 12.1. The van der Waals surface area contributed by atoms with E-state index in [9.17, 15) is 15.0 Å². The number of hydrogen-bond donors (Lipinski definition) is 5. The second kappa shape index (κ2) is 10.8. The SMILES string of the molecule is CC(C)(C)CC(=O)NC(Cc1ccc(OCc2cccc(N=C(N)N)c2)cc1)C(O)O. The summed E-state index contributed by atoms with van der Waals surface area (Å²) < 4.78 is 5.80. The van der Waals surface area contributed by atoms with E-state index in [1.54, 1.807) is 18.2 Å². The van der Waals surface area contributed by atoms with Gasteiger partial charge in [-0.2, -0.15) is 0 Å². The summed E-state index contributed by atoms with van der Waals surface area (Å²) in [5.74, 6) is 0.442. The third-order valence-corrected chi connectivity index (χ3v) is 4.35. The monoisotopic (exact) mass is 428 g/mol. The highest BCUT2D eigenvalue weighted by molar-refractivity contribution is 5.79. The molecule has 0 aromatic heterocycles. The van der Waals surface area contributed by atoms with Gasteiger partial charge in [-0.25, -0.2) is 4.99 Å². The summed E-state index contributed by atoms with van der Waals surface area (Å²) in [5.41, 5.74) is 13.0. The van der Waals surface area contributed by atoms with Crippen LogP contribution in [0.4, 0.5) is 5.69 Å². The quantitative estimate of drug-likeness (QED) is 0.235. The Morgan fingerprint density at radius 3 is 2.35 bits per heavy atom. The largest absolute Gasteiger partial charge is 0.489 e. The van der Waals surface area contributed by atoms with Crippen LogP contribution < -0.4 is 21.5 Å². The molecular weight excluding hydrogens is 396 g/mol. The Labute approximate surface area is 182 Å². The van der Waals surface area contributed by atoms with E-state index in [-0.39, 0.29) is 23.7 Å². The number of nitrogens with two attached hydrogens (primary N) is 2. The summed E-state index contributed by atoms with van der Waals surface area (Å²) >= 11 is 0. The molecule has 8 nitrogen and oxygen atoms in total. The Morgan fingerprint density at radius 1 is 1.10 bits per heavy atom. The molecule has 2 rings (SSSR count). The fraction of sp³-hybridized carbons (Fsp3) is 0.391. The van der Waals surface area contributed by atoms with Gasteiger partial charge in [-0.15, -0.1) is 0 Å². The fourth-order valence-corrected chi connectivity index (χ4v) is 2.98. The number of aliphatic hydroxyl groups is 2. The molecule has 0 heterocycles. The average Bonchev–Trinajstić information content (AvgIpc) is 2.65. The molecule has 0 saturated heterocycles. The number of aliphatic imine (C=N–C) groups is 1. The van der Waals surface area contributed by atoms with Crippen LogP contribution in [0.15, 0.2) is 53.5 Å². The van der Waals surface area contributed by atoms with E-state index in [0.717, 1.165) is 11.1 Å². The first kappa shape index (κ1) is 24.2. The predicted octanol–water partition coefficient (Wildman–Crippen LogP) is 1.94. The van der Waals surface area contributed by atoms with Crippen LogP contribution in [0.2, 0.25) is 0 Å². The lowest BCUT2D eigenvalue weighted by molar-refractivity contribution is -0.128. The van der Waals surface area contributed by atoms with Crippen molar-refractivity contribution in [2.75, 3.05) is 0 Å². The van der Waals surface area contributed by atoms with Gasteiger partial charge < -0.3 is 31.7 Å². The highest BCUT2D eigenvalue weighted by Crippen LogP contribution is 2.20. The minimum Gasteiger partial charge on any atom is -0.489 e. The Hall–Kier alpha value is -3.10. The number of ether oxygens (including phenoxy) is 1. The number of hydrogen-bond acceptors (Lipinski definition) is 5. The lowest BCUT2D eigenvalue weighted by Gasteiger charge is -2.24. The van der Waals surface area contributed by atoms with Gasteiger partial charge in [0.15, 0.2) is 12.2 Å². The normalized spacial score (nSPS) is 12.3. The molecule has 0 aliphatic heterocycles. The number of carbonyl (C=O) groups is 1. The van der Waals surface area contributed by atoms with E-state index in [1.807, 2.05) is 51.1 Å². The molecule has 0 aliphatic carbocycles. The van der Waals surface area contributed by atoms with Crippen molar-refractivity contribution in [3.63, 3.8) is 0 Å². The van der Waals surface area contributed by atoms with Gasteiger partial charge in [-0.1, -0.05) is 45.0 Å². The van der Waals surface area contributed by atoms with Crippen LogP contribution in [0.25, 0.3) is 0 Å². The maximum atomic E-state index is 12.1. The minimum absolute atomic E-state index is 0.00504. The van der Waals surface area contributed by atoms with E-state index in [0.29, 0.717) is 24.5 Å². The van der Waals surface area contributed by atoms with E-state index < -0.39 is 12.3 Å². The number of guanidine groups is 1. The molecule has 0 bridgehead atoms. The van der Waals surface area contributed by atoms with Crippen LogP contribution in [0.1, 0.15) is 38.3 Å². The second-order valence-corrected chi connectivity index (χ2v) is 8.67. The van der Waals surface area contributed by atoms with Crippen molar-refractivity contribution in [1.82, 2.24) is 5.32 Å². The Kier molecular flexibility index (Phi) is 8.41. The van der Waals surface area contributed by atoms with Gasteiger partial charge in [0.05, 0.1) is 11.7 Å². The molecule has 0 fully saturated rings. The molecule has 2 aromatic rings. The second-order valence-electron chi connectivity index (χ2n) is 8.67. The summed E-state index contributed by atoms with van der Waals surface area (Å²) in [7, 11) is 0. The van der Waals surface area contributed by atoms with Gasteiger partial charge in [0, 0.05) is 6.42 Å². The van der Waals surface area contributed by atoms with Gasteiger partial charge in [-0.3, -0.25) is 4.79 Å². The van der Waals surface area contributed by atoms with E-state index in [1.165, 1.54) is 0 Å². The summed E-state index contributed by atoms with van der Waals surface area (Å²) in [6, 6.07) is 13.9. The molecule has 1 unspecified atom stereocenters. The number of carbonyl (C=O) groups excluding carboxylic acids is 1. The first-order valence-corrected chi connectivity index (χ1v) is 10.1. The van der Waals surface area contributed by atoms with Crippen LogP contribution >= 0.6 is 0 Å². The highest BCUT2D eigenvalue weighted by Gasteiger charge is 2.23. The van der Waals surface area contributed by atoms with Crippen LogP contribution in [-0.2, 0) is 17.8 Å². The first-order chi connectivity index (χ1) is 14.5. The summed E-state index contributed by atoms with van der Waals surface area (Å²) in [4.78, 5) is 16.2. The number of nitrogens with zero attached hydrogens (tertiary/aromatic N) is 1. The molecule has 8 heteroatoms. The van der Waals surface area contributed by atoms with E-state index in [4.69, 9.17) is 16.2 Å². The van der Waals surface area contributed by atoms with Crippen LogP contribution in [0, 0.1) is 5.41 Å². The Bertz CT molecular complexity index is 885. The highest BCUT2D eigenvalue weighted by atomic mass is 16.5. The number of benzene rings is 2. The maximum Gasteiger partial charge on any atom is 0.220 e. The van der Waals surface area contributed by atoms with Crippen molar-refractivity contribution < 1.29 is 19.7 Å². The molecule has 168 valence electrons. The third-order valence-electron chi connectivity index (χ3n) is 4.35. The molecule has 1 atom stereocenters. The molecule has 0 radical (unpaired) electrons. The van der Waals surface area contributed by atoms with Crippen LogP contribution in [0.3, 0.4) is 0 Å². The standard InChI is InChI=1S/C23H32N4O4/c1-23(2,3)13-20(28)27-19(21(29)30)12-15-7-9-18(10-8-15)31-14-16-5-4-6-17(11-16)26-22(24)25/h4-11,19,21,29-30H,12-14H2,1-3H3,(H,27,28)(H4,24,25,26). The zero-order valence-corrected chi connectivity index (χ0v) is 18.2. The smallest absolute Gasteiger partial charge is 0.220 e. The topological polar surface area (TPSA) is 143 Å². The molecule has 7 N–H and O–H groups in total. The first-order valence-electron chi connectivity index (χ1n) is 10.1. The minimum atomic E-state index is -1.66. The summed E-state index contributed by atoms with van der Waals surface area (Å²) in [6.45, 7) is 6.19. The number of rotatable bonds is 9. The zero-order valence-electron chi connectivity index (χ0n) is 18.2. The van der Waals surface area contributed by atoms with Crippen molar-refractivity contribution in [1.29, 1.82) is 0 Å². The molecule has 0 spiro atoms. The fourth-order valence-electron chi connectivity index (χ4n) is 2.98. The van der Waals surface area contributed by atoms with Crippen LogP contribution in [0.5, 0.6) is 5.75 Å². The van der Waals surface area contributed by atoms with Crippen molar-refractivity contribution in [2.24, 2.45) is 21.9 Å². The van der Waals surface area contributed by atoms with Gasteiger partial charge in [0.25, 0.3) is 0 Å². The molecular formula is C23H32N4O4. The lowest BCUT2D eigenvalue weighted by atomic mass is 9.91.